The van der Waals surface area contributed by atoms with Crippen molar-refractivity contribution in [3.63, 3.8) is 0 Å². The lowest BCUT2D eigenvalue weighted by atomic mass is 10.2. The van der Waals surface area contributed by atoms with E-state index in [0.29, 0.717) is 6.54 Å². The summed E-state index contributed by atoms with van der Waals surface area (Å²) < 4.78 is 5.56. The summed E-state index contributed by atoms with van der Waals surface area (Å²) in [5, 5.41) is 6.44. The molecule has 0 aliphatic carbocycles. The lowest BCUT2D eigenvalue weighted by Crippen LogP contribution is -2.41. The Labute approximate surface area is 133 Å². The van der Waals surface area contributed by atoms with E-state index in [1.165, 1.54) is 0 Å². The molecule has 2 N–H and O–H groups in total. The summed E-state index contributed by atoms with van der Waals surface area (Å²) in [4.78, 5) is 11.4. The summed E-state index contributed by atoms with van der Waals surface area (Å²) in [6.07, 6.45) is 2.18. The summed E-state index contributed by atoms with van der Waals surface area (Å²) in [5.74, 6) is 1.86. The van der Waals surface area contributed by atoms with Crippen LogP contribution in [0, 0.1) is 0 Å². The van der Waals surface area contributed by atoms with Crippen LogP contribution in [0.5, 0.6) is 0 Å². The van der Waals surface area contributed by atoms with Crippen molar-refractivity contribution in [2.75, 3.05) is 37.7 Å². The molecule has 1 aliphatic heterocycles. The second-order valence-corrected chi connectivity index (χ2v) is 5.38. The zero-order valence-corrected chi connectivity index (χ0v) is 13.8. The fourth-order valence-electron chi connectivity index (χ4n) is 2.40. The third kappa shape index (κ3) is 4.87. The fraction of sp³-hybridized carbons (Fsp3) is 0.625. The summed E-state index contributed by atoms with van der Waals surface area (Å²) >= 11 is 0. The number of nitrogens with zero attached hydrogens (tertiary/aromatic N) is 3. The van der Waals surface area contributed by atoms with Crippen LogP contribution in [0.15, 0.2) is 23.3 Å². The lowest BCUT2D eigenvalue weighted by Gasteiger charge is -2.32. The number of rotatable bonds is 5. The van der Waals surface area contributed by atoms with E-state index in [1.54, 1.807) is 0 Å². The van der Waals surface area contributed by atoms with Crippen LogP contribution in [0.3, 0.4) is 0 Å². The highest BCUT2D eigenvalue weighted by atomic mass is 16.5. The van der Waals surface area contributed by atoms with Crippen LogP contribution >= 0.6 is 0 Å². The molecule has 0 aromatic carbocycles. The molecule has 6 nitrogen and oxygen atoms in total. The molecular weight excluding hydrogens is 278 g/mol. The standard InChI is InChI=1S/C16H27N5O/c1-4-17-16(18-5-2)20-11-14-6-7-15(19-10-14)21-8-9-22-13(3)12-21/h6-7,10,13H,4-5,8-9,11-12H2,1-3H3,(H2,17,18,20). The zero-order chi connectivity index (χ0) is 15.8. The second-order valence-electron chi connectivity index (χ2n) is 5.38. The molecule has 1 saturated heterocycles. The Balaban J connectivity index is 1.95. The monoisotopic (exact) mass is 305 g/mol. The van der Waals surface area contributed by atoms with E-state index in [1.807, 2.05) is 6.20 Å². The Kier molecular flexibility index (Phi) is 6.45. The molecule has 122 valence electrons. The first-order valence-corrected chi connectivity index (χ1v) is 8.06. The van der Waals surface area contributed by atoms with Crippen molar-refractivity contribution in [3.05, 3.63) is 23.9 Å². The Bertz CT molecular complexity index is 466. The van der Waals surface area contributed by atoms with Gasteiger partial charge < -0.3 is 20.3 Å². The summed E-state index contributed by atoms with van der Waals surface area (Å²) in [5.41, 5.74) is 1.11. The van der Waals surface area contributed by atoms with Crippen LogP contribution < -0.4 is 15.5 Å². The van der Waals surface area contributed by atoms with E-state index in [4.69, 9.17) is 4.74 Å². The van der Waals surface area contributed by atoms with Gasteiger partial charge in [-0.1, -0.05) is 6.07 Å². The Hall–Kier alpha value is -1.82. The highest BCUT2D eigenvalue weighted by Crippen LogP contribution is 2.15. The van der Waals surface area contributed by atoms with Crippen LogP contribution in [0.25, 0.3) is 0 Å². The molecule has 1 unspecified atom stereocenters. The Morgan fingerprint density at radius 2 is 2.14 bits per heavy atom. The summed E-state index contributed by atoms with van der Waals surface area (Å²) in [7, 11) is 0. The SMILES string of the molecule is CCNC(=NCc1ccc(N2CCOC(C)C2)nc1)NCC. The average Bonchev–Trinajstić information content (AvgIpc) is 2.53. The molecule has 1 aromatic rings. The predicted molar refractivity (Wildman–Crippen MR) is 90.4 cm³/mol. The first-order valence-electron chi connectivity index (χ1n) is 8.06. The molecule has 2 rings (SSSR count). The van der Waals surface area contributed by atoms with E-state index >= 15 is 0 Å². The van der Waals surface area contributed by atoms with Crippen LogP contribution in [-0.2, 0) is 11.3 Å². The van der Waals surface area contributed by atoms with Crippen molar-refractivity contribution >= 4 is 11.8 Å². The van der Waals surface area contributed by atoms with Gasteiger partial charge in [-0.2, -0.15) is 0 Å². The summed E-state index contributed by atoms with van der Waals surface area (Å²) in [6.45, 7) is 11.1. The van der Waals surface area contributed by atoms with E-state index in [2.05, 4.69) is 58.4 Å². The molecule has 0 amide bonds. The fourth-order valence-corrected chi connectivity index (χ4v) is 2.40. The largest absolute Gasteiger partial charge is 0.375 e. The highest BCUT2D eigenvalue weighted by Gasteiger charge is 2.17. The number of nitrogens with one attached hydrogen (secondary N) is 2. The van der Waals surface area contributed by atoms with Gasteiger partial charge in [-0.3, -0.25) is 0 Å². The molecule has 0 bridgehead atoms. The topological polar surface area (TPSA) is 61.8 Å². The van der Waals surface area contributed by atoms with Gasteiger partial charge in [-0.15, -0.1) is 0 Å². The van der Waals surface area contributed by atoms with Crippen molar-refractivity contribution in [2.24, 2.45) is 4.99 Å². The molecule has 1 aromatic heterocycles. The number of aliphatic imine (C=N–C) groups is 1. The minimum Gasteiger partial charge on any atom is -0.375 e. The van der Waals surface area contributed by atoms with Gasteiger partial charge in [-0.25, -0.2) is 9.98 Å². The van der Waals surface area contributed by atoms with Gasteiger partial charge in [0.15, 0.2) is 5.96 Å². The van der Waals surface area contributed by atoms with Crippen LogP contribution in [-0.4, -0.2) is 49.8 Å². The van der Waals surface area contributed by atoms with E-state index in [0.717, 1.165) is 50.1 Å². The first-order chi connectivity index (χ1) is 10.7. The molecular formula is C16H27N5O. The third-order valence-electron chi connectivity index (χ3n) is 3.48. The molecule has 6 heteroatoms. The lowest BCUT2D eigenvalue weighted by molar-refractivity contribution is 0.0529. The molecule has 1 atom stereocenters. The maximum absolute atomic E-state index is 5.56. The highest BCUT2D eigenvalue weighted by molar-refractivity contribution is 5.79. The Morgan fingerprint density at radius 3 is 2.73 bits per heavy atom. The van der Waals surface area contributed by atoms with Crippen LogP contribution in [0.1, 0.15) is 26.3 Å². The maximum Gasteiger partial charge on any atom is 0.191 e. The van der Waals surface area contributed by atoms with Gasteiger partial charge in [0.2, 0.25) is 0 Å². The summed E-state index contributed by atoms with van der Waals surface area (Å²) in [6, 6.07) is 4.17. The van der Waals surface area contributed by atoms with Crippen molar-refractivity contribution in [1.29, 1.82) is 0 Å². The quantitative estimate of drug-likeness (QED) is 0.636. The molecule has 1 fully saturated rings. The van der Waals surface area contributed by atoms with Gasteiger partial charge in [0.25, 0.3) is 0 Å². The van der Waals surface area contributed by atoms with E-state index in [9.17, 15) is 0 Å². The van der Waals surface area contributed by atoms with Crippen LogP contribution in [0.4, 0.5) is 5.82 Å². The molecule has 0 radical (unpaired) electrons. The molecule has 2 heterocycles. The van der Waals surface area contributed by atoms with Gasteiger partial charge in [-0.05, 0) is 32.4 Å². The number of hydrogen-bond acceptors (Lipinski definition) is 4. The second kappa shape index (κ2) is 8.58. The van der Waals surface area contributed by atoms with Gasteiger partial charge in [0.1, 0.15) is 5.82 Å². The number of anilines is 1. The van der Waals surface area contributed by atoms with Crippen molar-refractivity contribution in [3.8, 4) is 0 Å². The molecule has 22 heavy (non-hydrogen) atoms. The zero-order valence-electron chi connectivity index (χ0n) is 13.8. The number of aromatic nitrogens is 1. The van der Waals surface area contributed by atoms with E-state index < -0.39 is 0 Å². The number of guanidine groups is 1. The van der Waals surface area contributed by atoms with Gasteiger partial charge in [0, 0.05) is 32.4 Å². The van der Waals surface area contributed by atoms with E-state index in [-0.39, 0.29) is 6.10 Å². The third-order valence-corrected chi connectivity index (χ3v) is 3.48. The number of hydrogen-bond donors (Lipinski definition) is 2. The molecule has 1 aliphatic rings. The Morgan fingerprint density at radius 1 is 1.36 bits per heavy atom. The normalized spacial score (nSPS) is 18.0. The average molecular weight is 305 g/mol. The van der Waals surface area contributed by atoms with Crippen molar-refractivity contribution < 1.29 is 4.74 Å². The number of morpholine rings is 1. The van der Waals surface area contributed by atoms with Gasteiger partial charge in [0.05, 0.1) is 19.3 Å². The molecule has 0 spiro atoms. The minimum absolute atomic E-state index is 0.266. The molecule has 0 saturated carbocycles. The smallest absolute Gasteiger partial charge is 0.191 e. The minimum atomic E-state index is 0.266. The number of ether oxygens (including phenoxy) is 1. The van der Waals surface area contributed by atoms with Crippen molar-refractivity contribution in [2.45, 2.75) is 33.4 Å². The van der Waals surface area contributed by atoms with Crippen LogP contribution in [0.2, 0.25) is 0 Å². The maximum atomic E-state index is 5.56. The van der Waals surface area contributed by atoms with Crippen molar-refractivity contribution in [1.82, 2.24) is 15.6 Å². The predicted octanol–water partition coefficient (Wildman–Crippen LogP) is 1.38. The van der Waals surface area contributed by atoms with Gasteiger partial charge >= 0.3 is 0 Å². The number of pyridine rings is 1. The first kappa shape index (κ1) is 16.5.